The second kappa shape index (κ2) is 3.62. The second-order valence-corrected chi connectivity index (χ2v) is 3.08. The van der Waals surface area contributed by atoms with Crippen molar-refractivity contribution < 1.29 is 8.83 Å². The van der Waals surface area contributed by atoms with E-state index in [0.29, 0.717) is 23.2 Å². The zero-order valence-electron chi connectivity index (χ0n) is 8.20. The standard InChI is InChI=1S/C11H7N3O2/c1-2-8(10-12-4-6-15-10)14-9(3-1)11-13-5-7-16-11/h1-7H/i12+1,13+1. The van der Waals surface area contributed by atoms with E-state index < -0.39 is 0 Å². The molecular weight excluding hydrogens is 208 g/mol. The molecule has 0 aliphatic carbocycles. The fourth-order valence-corrected chi connectivity index (χ4v) is 1.37. The van der Waals surface area contributed by atoms with Crippen LogP contribution < -0.4 is 0 Å². The van der Waals surface area contributed by atoms with Crippen LogP contribution in [-0.2, 0) is 0 Å². The molecule has 5 nitrogen and oxygen atoms in total. The van der Waals surface area contributed by atoms with Crippen molar-refractivity contribution in [2.75, 3.05) is 0 Å². The zero-order valence-corrected chi connectivity index (χ0v) is 8.20. The van der Waals surface area contributed by atoms with Gasteiger partial charge in [0, 0.05) is 0 Å². The summed E-state index contributed by atoms with van der Waals surface area (Å²) in [6.07, 6.45) is 6.17. The molecule has 3 aromatic heterocycles. The highest BCUT2D eigenvalue weighted by molar-refractivity contribution is 5.54. The number of hydrogen-bond acceptors (Lipinski definition) is 5. The van der Waals surface area contributed by atoms with Gasteiger partial charge in [-0.25, -0.2) is 15.0 Å². The van der Waals surface area contributed by atoms with Crippen LogP contribution in [0.4, 0.5) is 0 Å². The lowest BCUT2D eigenvalue weighted by atomic mass is 10.3. The van der Waals surface area contributed by atoms with Crippen molar-refractivity contribution in [3.05, 3.63) is 43.1 Å². The summed E-state index contributed by atoms with van der Waals surface area (Å²) >= 11 is 0. The molecular formula is C11H7N3O2. The monoisotopic (exact) mass is 215 g/mol. The fraction of sp³-hybridized carbons (Fsp3) is 0. The van der Waals surface area contributed by atoms with Crippen molar-refractivity contribution in [2.45, 2.75) is 0 Å². The minimum atomic E-state index is 0.480. The van der Waals surface area contributed by atoms with E-state index in [9.17, 15) is 0 Å². The quantitative estimate of drug-likeness (QED) is 0.656. The van der Waals surface area contributed by atoms with Crippen LogP contribution in [0.25, 0.3) is 23.2 Å². The van der Waals surface area contributed by atoms with Crippen LogP contribution in [0.15, 0.2) is 52.0 Å². The Morgan fingerprint density at radius 1 is 0.812 bits per heavy atom. The molecule has 0 N–H and O–H groups in total. The third-order valence-electron chi connectivity index (χ3n) is 2.05. The third-order valence-corrected chi connectivity index (χ3v) is 2.05. The molecule has 0 saturated heterocycles. The molecule has 0 unspecified atom stereocenters. The Bertz CT molecular complexity index is 524. The maximum atomic E-state index is 5.17. The van der Waals surface area contributed by atoms with Crippen molar-refractivity contribution in [2.24, 2.45) is 0 Å². The molecule has 0 radical (unpaired) electrons. The van der Waals surface area contributed by atoms with Crippen LogP contribution in [0.3, 0.4) is 0 Å². The van der Waals surface area contributed by atoms with E-state index in [1.165, 1.54) is 12.5 Å². The van der Waals surface area contributed by atoms with Crippen LogP contribution in [-0.4, -0.2) is 15.0 Å². The van der Waals surface area contributed by atoms with Gasteiger partial charge < -0.3 is 8.83 Å². The molecule has 3 heterocycles. The van der Waals surface area contributed by atoms with Gasteiger partial charge in [-0.2, -0.15) is 0 Å². The van der Waals surface area contributed by atoms with Crippen LogP contribution in [0.5, 0.6) is 0 Å². The normalized spacial score (nSPS) is 10.5. The van der Waals surface area contributed by atoms with Gasteiger partial charge in [0.25, 0.3) is 0 Å². The van der Waals surface area contributed by atoms with Gasteiger partial charge in [-0.15, -0.1) is 0 Å². The van der Waals surface area contributed by atoms with Crippen LogP contribution >= 0.6 is 0 Å². The number of pyridine rings is 1. The van der Waals surface area contributed by atoms with Crippen LogP contribution in [0.1, 0.15) is 0 Å². The van der Waals surface area contributed by atoms with Crippen molar-refractivity contribution in [3.8, 4) is 23.2 Å². The Hall–Kier alpha value is -2.43. The second-order valence-electron chi connectivity index (χ2n) is 3.08. The minimum absolute atomic E-state index is 0.480. The highest BCUT2D eigenvalue weighted by atomic mass is 16.4. The summed E-state index contributed by atoms with van der Waals surface area (Å²) in [7, 11) is 0. The molecule has 3 rings (SSSR count). The Balaban J connectivity index is 2.07. The van der Waals surface area contributed by atoms with Crippen molar-refractivity contribution >= 4 is 0 Å². The summed E-state index contributed by atoms with van der Waals surface area (Å²) in [6, 6.07) is 5.49. The first-order valence-corrected chi connectivity index (χ1v) is 4.70. The average molecular weight is 215 g/mol. The van der Waals surface area contributed by atoms with Gasteiger partial charge in [-0.05, 0) is 12.1 Å². The first-order valence-electron chi connectivity index (χ1n) is 4.70. The van der Waals surface area contributed by atoms with Gasteiger partial charge in [0.05, 0.1) is 12.4 Å². The topological polar surface area (TPSA) is 65.0 Å². The summed E-state index contributed by atoms with van der Waals surface area (Å²) in [6.45, 7) is 0. The van der Waals surface area contributed by atoms with Gasteiger partial charge in [0.1, 0.15) is 23.9 Å². The smallest absolute Gasteiger partial charge is 0.245 e. The Morgan fingerprint density at radius 3 is 1.81 bits per heavy atom. The summed E-state index contributed by atoms with van der Waals surface area (Å²) in [5.41, 5.74) is 1.31. The Morgan fingerprint density at radius 2 is 1.38 bits per heavy atom. The third kappa shape index (κ3) is 1.48. The number of nitrogens with zero attached hydrogens (tertiary/aromatic N) is 3. The van der Waals surface area contributed by atoms with Crippen molar-refractivity contribution in [1.29, 1.82) is 0 Å². The number of aromatic nitrogens is 3. The summed E-state index contributed by atoms with van der Waals surface area (Å²) in [5.74, 6) is 0.960. The van der Waals surface area contributed by atoms with Crippen molar-refractivity contribution in [1.82, 2.24) is 15.0 Å². The van der Waals surface area contributed by atoms with Crippen molar-refractivity contribution in [3.63, 3.8) is 0 Å². The first kappa shape index (κ1) is 8.84. The maximum absolute atomic E-state index is 5.17. The average Bonchev–Trinajstić information content (AvgIpc) is 3.03. The maximum Gasteiger partial charge on any atom is 0.245 e. The van der Waals surface area contributed by atoms with E-state index in [1.807, 2.05) is 18.2 Å². The van der Waals surface area contributed by atoms with Gasteiger partial charge in [-0.3, -0.25) is 0 Å². The zero-order chi connectivity index (χ0) is 10.8. The lowest BCUT2D eigenvalue weighted by Crippen LogP contribution is -1.87. The number of oxazole rings is 2. The lowest BCUT2D eigenvalue weighted by molar-refractivity contribution is 0.567. The van der Waals surface area contributed by atoms with E-state index in [-0.39, 0.29) is 0 Å². The van der Waals surface area contributed by atoms with E-state index in [1.54, 1.807) is 12.4 Å². The molecule has 0 bridgehead atoms. The Labute approximate surface area is 90.8 Å². The molecule has 3 aromatic rings. The molecule has 0 amide bonds. The predicted octanol–water partition coefficient (Wildman–Crippen LogP) is 2.39. The molecule has 0 spiro atoms. The van der Waals surface area contributed by atoms with E-state index in [0.717, 1.165) is 0 Å². The SMILES string of the molecule is c1cc(-c2[15n]cco2)nc(-c2[15n]cco2)c1. The van der Waals surface area contributed by atoms with E-state index >= 15 is 0 Å². The fourth-order valence-electron chi connectivity index (χ4n) is 1.37. The molecule has 5 heteroatoms. The minimum Gasteiger partial charge on any atom is -0.443 e. The van der Waals surface area contributed by atoms with Gasteiger partial charge in [0.2, 0.25) is 11.8 Å². The molecule has 0 aromatic carbocycles. The highest BCUT2D eigenvalue weighted by Crippen LogP contribution is 2.19. The molecule has 78 valence electrons. The van der Waals surface area contributed by atoms with Gasteiger partial charge in [0.15, 0.2) is 0 Å². The largest absolute Gasteiger partial charge is 0.443 e. The molecule has 0 aliphatic heterocycles. The molecule has 0 atom stereocenters. The van der Waals surface area contributed by atoms with Gasteiger partial charge in [-0.1, -0.05) is 6.07 Å². The molecule has 0 fully saturated rings. The first-order chi connectivity index (χ1) is 7.93. The van der Waals surface area contributed by atoms with Crippen LogP contribution in [0.2, 0.25) is 0 Å². The van der Waals surface area contributed by atoms with Gasteiger partial charge >= 0.3 is 0 Å². The number of rotatable bonds is 2. The highest BCUT2D eigenvalue weighted by Gasteiger charge is 2.08. The Kier molecular flexibility index (Phi) is 2.00. The predicted molar refractivity (Wildman–Crippen MR) is 55.2 cm³/mol. The van der Waals surface area contributed by atoms with E-state index in [2.05, 4.69) is 15.0 Å². The summed E-state index contributed by atoms with van der Waals surface area (Å²) < 4.78 is 10.3. The summed E-state index contributed by atoms with van der Waals surface area (Å²) in [5, 5.41) is 0. The molecule has 0 aliphatic rings. The molecule has 0 saturated carbocycles. The van der Waals surface area contributed by atoms with E-state index in [4.69, 9.17) is 8.83 Å². The molecule has 16 heavy (non-hydrogen) atoms. The number of hydrogen-bond donors (Lipinski definition) is 0. The lowest BCUT2D eigenvalue weighted by Gasteiger charge is -1.97. The van der Waals surface area contributed by atoms with Crippen LogP contribution in [0, 0.1) is 0 Å². The summed E-state index contributed by atoms with van der Waals surface area (Å²) in [4.78, 5) is 12.4.